The molecule has 0 unspecified atom stereocenters. The maximum Gasteiger partial charge on any atom is 0.586 e. The third-order valence-electron chi connectivity index (χ3n) is 4.27. The largest absolute Gasteiger partial charge is 0.586 e. The molecule has 0 saturated carbocycles. The molecule has 25 heavy (non-hydrogen) atoms. The van der Waals surface area contributed by atoms with Crippen LogP contribution in [0.1, 0.15) is 11.3 Å². The smallest absolute Gasteiger partial charge is 0.395 e. The van der Waals surface area contributed by atoms with Crippen LogP contribution in [-0.4, -0.2) is 53.0 Å². The molecule has 0 aliphatic carbocycles. The van der Waals surface area contributed by atoms with E-state index in [0.29, 0.717) is 30.8 Å². The lowest BCUT2D eigenvalue weighted by atomic mass is 10.0. The van der Waals surface area contributed by atoms with Crippen molar-refractivity contribution in [1.29, 1.82) is 0 Å². The fourth-order valence-corrected chi connectivity index (χ4v) is 3.12. The van der Waals surface area contributed by atoms with E-state index in [9.17, 15) is 13.6 Å². The highest BCUT2D eigenvalue weighted by Crippen LogP contribution is 2.47. The fraction of sp³-hybridized carbons (Fsp3) is 0.375. The number of aromatic nitrogens is 2. The lowest BCUT2D eigenvalue weighted by Crippen LogP contribution is -2.42. The number of nitrogens with one attached hydrogen (secondary N) is 1. The van der Waals surface area contributed by atoms with E-state index in [1.165, 1.54) is 11.0 Å². The summed E-state index contributed by atoms with van der Waals surface area (Å²) in [5.41, 5.74) is 2.59. The lowest BCUT2D eigenvalue weighted by Gasteiger charge is -2.29. The highest BCUT2D eigenvalue weighted by atomic mass is 19.3. The highest BCUT2D eigenvalue weighted by molar-refractivity contribution is 5.77. The first-order chi connectivity index (χ1) is 11.9. The topological polar surface area (TPSA) is 70.7 Å². The molecule has 2 amide bonds. The van der Waals surface area contributed by atoms with E-state index in [-0.39, 0.29) is 17.5 Å². The molecule has 0 spiro atoms. The van der Waals surface area contributed by atoms with E-state index in [1.54, 1.807) is 31.1 Å². The van der Waals surface area contributed by atoms with Crippen molar-refractivity contribution in [2.45, 2.75) is 19.3 Å². The third-order valence-corrected chi connectivity index (χ3v) is 4.27. The quantitative estimate of drug-likeness (QED) is 0.858. The first kappa shape index (κ1) is 15.7. The average Bonchev–Trinajstić information content (AvgIpc) is 3.11. The molecule has 9 heteroatoms. The van der Waals surface area contributed by atoms with Gasteiger partial charge >= 0.3 is 12.3 Å². The Kier molecular flexibility index (Phi) is 3.34. The second-order valence-electron chi connectivity index (χ2n) is 6.18. The van der Waals surface area contributed by atoms with E-state index < -0.39 is 6.29 Å². The van der Waals surface area contributed by atoms with Gasteiger partial charge in [-0.15, -0.1) is 8.78 Å². The van der Waals surface area contributed by atoms with Crippen molar-refractivity contribution in [2.75, 3.05) is 20.6 Å². The zero-order chi connectivity index (χ0) is 17.8. The lowest BCUT2D eigenvalue weighted by molar-refractivity contribution is -0.286. The minimum atomic E-state index is -3.69. The van der Waals surface area contributed by atoms with E-state index in [0.717, 1.165) is 11.3 Å². The summed E-state index contributed by atoms with van der Waals surface area (Å²) in [5, 5.41) is 7.21. The van der Waals surface area contributed by atoms with Gasteiger partial charge in [-0.05, 0) is 12.1 Å². The molecular weight excluding hydrogens is 334 g/mol. The molecule has 1 aromatic carbocycles. The van der Waals surface area contributed by atoms with Crippen molar-refractivity contribution < 1.29 is 23.0 Å². The molecule has 3 heterocycles. The van der Waals surface area contributed by atoms with Crippen molar-refractivity contribution >= 4 is 6.03 Å². The first-order valence-corrected chi connectivity index (χ1v) is 7.77. The molecule has 2 aromatic rings. The minimum absolute atomic E-state index is 0.0312. The number of halogens is 2. The van der Waals surface area contributed by atoms with Gasteiger partial charge in [0.05, 0.1) is 6.54 Å². The van der Waals surface area contributed by atoms with E-state index >= 15 is 0 Å². The maximum atomic E-state index is 13.4. The SMILES string of the molecule is CN(C)C(=O)N1CCc2[nH]nc(-c3cccc4c3OC(F)(F)O4)c2C1. The van der Waals surface area contributed by atoms with Crippen LogP contribution in [-0.2, 0) is 13.0 Å². The minimum Gasteiger partial charge on any atom is -0.395 e. The Labute approximate surface area is 142 Å². The number of amides is 2. The molecule has 0 radical (unpaired) electrons. The Morgan fingerprint density at radius 3 is 2.92 bits per heavy atom. The third kappa shape index (κ3) is 2.55. The van der Waals surface area contributed by atoms with Gasteiger partial charge in [-0.3, -0.25) is 5.10 Å². The predicted octanol–water partition coefficient (Wildman–Crippen LogP) is 2.44. The number of H-pyrrole nitrogens is 1. The highest BCUT2D eigenvalue weighted by Gasteiger charge is 2.45. The summed E-state index contributed by atoms with van der Waals surface area (Å²) in [5.74, 6) is -0.0749. The van der Waals surface area contributed by atoms with Crippen LogP contribution in [0.3, 0.4) is 0 Å². The van der Waals surface area contributed by atoms with E-state index in [1.807, 2.05) is 0 Å². The van der Waals surface area contributed by atoms with Crippen molar-refractivity contribution in [1.82, 2.24) is 20.0 Å². The molecule has 4 rings (SSSR count). The Hall–Kier alpha value is -2.84. The summed E-state index contributed by atoms with van der Waals surface area (Å²) < 4.78 is 36.0. The Morgan fingerprint density at radius 1 is 1.36 bits per heavy atom. The van der Waals surface area contributed by atoms with Crippen LogP contribution < -0.4 is 9.47 Å². The van der Waals surface area contributed by atoms with Crippen molar-refractivity contribution in [3.8, 4) is 22.8 Å². The molecule has 0 bridgehead atoms. The van der Waals surface area contributed by atoms with Gasteiger partial charge in [-0.1, -0.05) is 6.07 Å². The monoisotopic (exact) mass is 350 g/mol. The van der Waals surface area contributed by atoms with Gasteiger partial charge in [0, 0.05) is 43.9 Å². The van der Waals surface area contributed by atoms with Gasteiger partial charge in [0.1, 0.15) is 5.69 Å². The molecule has 132 valence electrons. The molecule has 0 fully saturated rings. The summed E-state index contributed by atoms with van der Waals surface area (Å²) >= 11 is 0. The number of alkyl halides is 2. The van der Waals surface area contributed by atoms with Crippen LogP contribution in [0.4, 0.5) is 13.6 Å². The number of para-hydroxylation sites is 1. The van der Waals surface area contributed by atoms with Gasteiger partial charge < -0.3 is 19.3 Å². The van der Waals surface area contributed by atoms with Crippen LogP contribution in [0, 0.1) is 0 Å². The van der Waals surface area contributed by atoms with Gasteiger partial charge in [0.15, 0.2) is 11.5 Å². The number of carbonyl (C=O) groups excluding carboxylic acids is 1. The number of carbonyl (C=O) groups is 1. The number of benzene rings is 1. The van der Waals surface area contributed by atoms with Gasteiger partial charge in [-0.25, -0.2) is 4.79 Å². The van der Waals surface area contributed by atoms with Crippen LogP contribution in [0.2, 0.25) is 0 Å². The van der Waals surface area contributed by atoms with Gasteiger partial charge in [0.25, 0.3) is 0 Å². The molecule has 2 aliphatic heterocycles. The number of nitrogens with zero attached hydrogens (tertiary/aromatic N) is 3. The Bertz CT molecular complexity index is 850. The summed E-state index contributed by atoms with van der Waals surface area (Å²) in [6.07, 6.45) is -3.08. The van der Waals surface area contributed by atoms with Crippen molar-refractivity contribution in [3.63, 3.8) is 0 Å². The number of hydrogen-bond donors (Lipinski definition) is 1. The zero-order valence-corrected chi connectivity index (χ0v) is 13.7. The van der Waals surface area contributed by atoms with Crippen molar-refractivity contribution in [2.24, 2.45) is 0 Å². The fourth-order valence-electron chi connectivity index (χ4n) is 3.12. The number of ether oxygens (including phenoxy) is 2. The van der Waals surface area contributed by atoms with E-state index in [2.05, 4.69) is 19.7 Å². The van der Waals surface area contributed by atoms with Crippen LogP contribution in [0.5, 0.6) is 11.5 Å². The predicted molar refractivity (Wildman–Crippen MR) is 83.4 cm³/mol. The molecule has 2 aliphatic rings. The van der Waals surface area contributed by atoms with Gasteiger partial charge in [-0.2, -0.15) is 5.10 Å². The second-order valence-corrected chi connectivity index (χ2v) is 6.18. The summed E-state index contributed by atoms with van der Waals surface area (Å²) in [7, 11) is 3.37. The standard InChI is InChI=1S/C16H16F2N4O3/c1-21(2)15(23)22-7-6-11-10(8-22)13(20-19-11)9-4-3-5-12-14(9)25-16(17,18)24-12/h3-5H,6-8H2,1-2H3,(H,19,20). The Balaban J connectivity index is 1.73. The van der Waals surface area contributed by atoms with Crippen molar-refractivity contribution in [3.05, 3.63) is 29.5 Å². The number of rotatable bonds is 1. The Morgan fingerprint density at radius 2 is 2.16 bits per heavy atom. The first-order valence-electron chi connectivity index (χ1n) is 7.77. The normalized spacial score (nSPS) is 17.4. The number of urea groups is 1. The molecule has 1 N–H and O–H groups in total. The number of aromatic amines is 1. The second kappa shape index (κ2) is 5.33. The summed E-state index contributed by atoms with van der Waals surface area (Å²) in [4.78, 5) is 15.4. The number of fused-ring (bicyclic) bond motifs is 2. The van der Waals surface area contributed by atoms with Crippen LogP contribution >= 0.6 is 0 Å². The molecule has 0 atom stereocenters. The molecule has 0 saturated heterocycles. The average molecular weight is 350 g/mol. The van der Waals surface area contributed by atoms with E-state index in [4.69, 9.17) is 0 Å². The summed E-state index contributed by atoms with van der Waals surface area (Å²) in [6.45, 7) is 0.912. The molecule has 7 nitrogen and oxygen atoms in total. The molecular formula is C16H16F2N4O3. The van der Waals surface area contributed by atoms with Gasteiger partial charge in [0.2, 0.25) is 0 Å². The zero-order valence-electron chi connectivity index (χ0n) is 13.7. The van der Waals surface area contributed by atoms with Crippen LogP contribution in [0.25, 0.3) is 11.3 Å². The number of hydrogen-bond acceptors (Lipinski definition) is 4. The summed E-state index contributed by atoms with van der Waals surface area (Å²) in [6, 6.07) is 4.56. The van der Waals surface area contributed by atoms with Crippen LogP contribution in [0.15, 0.2) is 18.2 Å². The molecule has 1 aromatic heterocycles. The maximum absolute atomic E-state index is 13.4.